The first-order chi connectivity index (χ1) is 11.8. The Kier molecular flexibility index (Phi) is 4.38. The van der Waals surface area contributed by atoms with E-state index >= 15 is 0 Å². The van der Waals surface area contributed by atoms with Gasteiger partial charge >= 0.3 is 0 Å². The molecule has 5 heteroatoms. The highest BCUT2D eigenvalue weighted by molar-refractivity contribution is 5.84. The number of aromatic nitrogens is 2. The fourth-order valence-corrected chi connectivity index (χ4v) is 3.73. The quantitative estimate of drug-likeness (QED) is 0.849. The predicted octanol–water partition coefficient (Wildman–Crippen LogP) is 3.97. The number of hydrazone groups is 1. The molecule has 0 saturated carbocycles. The van der Waals surface area contributed by atoms with E-state index in [1.807, 2.05) is 48.7 Å². The van der Waals surface area contributed by atoms with Crippen molar-refractivity contribution >= 4 is 5.71 Å². The molecule has 0 spiro atoms. The average molecular weight is 335 g/mol. The third kappa shape index (κ3) is 3.17. The molecule has 1 aliphatic heterocycles. The zero-order valence-corrected chi connectivity index (χ0v) is 15.6. The Bertz CT molecular complexity index is 839. The van der Waals surface area contributed by atoms with Crippen LogP contribution in [0.2, 0.25) is 0 Å². The third-order valence-corrected chi connectivity index (χ3v) is 4.84. The Hall–Kier alpha value is -2.61. The van der Waals surface area contributed by atoms with Crippen molar-refractivity contribution < 1.29 is 0 Å². The summed E-state index contributed by atoms with van der Waals surface area (Å²) in [5.74, 6) is 0. The Labute approximate surface area is 149 Å². The second kappa shape index (κ2) is 6.36. The lowest BCUT2D eigenvalue weighted by molar-refractivity contribution is 0.122. The van der Waals surface area contributed by atoms with Gasteiger partial charge in [0.25, 0.3) is 0 Å². The van der Waals surface area contributed by atoms with Gasteiger partial charge in [0.1, 0.15) is 0 Å². The summed E-state index contributed by atoms with van der Waals surface area (Å²) in [4.78, 5) is 0. The zero-order chi connectivity index (χ0) is 18.2. The molecule has 0 amide bonds. The van der Waals surface area contributed by atoms with E-state index in [2.05, 4.69) is 37.2 Å². The topological polar surface area (TPSA) is 57.2 Å². The van der Waals surface area contributed by atoms with Crippen LogP contribution in [0.1, 0.15) is 55.7 Å². The third-order valence-electron chi connectivity index (χ3n) is 4.84. The Morgan fingerprint density at radius 1 is 1.20 bits per heavy atom. The minimum Gasteiger partial charge on any atom is -0.269 e. The minimum absolute atomic E-state index is 0.162. The summed E-state index contributed by atoms with van der Waals surface area (Å²) in [6.45, 7) is 11.0. The maximum Gasteiger partial charge on any atom is 0.162 e. The lowest BCUT2D eigenvalue weighted by Gasteiger charge is -2.34. The van der Waals surface area contributed by atoms with E-state index in [1.54, 1.807) is 0 Å². The first-order valence-corrected chi connectivity index (χ1v) is 8.64. The average Bonchev–Trinajstić information content (AvgIpc) is 2.98. The predicted molar refractivity (Wildman–Crippen MR) is 99.2 cm³/mol. The van der Waals surface area contributed by atoms with Gasteiger partial charge in [-0.25, -0.2) is 0 Å². The lowest BCUT2D eigenvalue weighted by atomic mass is 9.95. The fraction of sp³-hybridized carbons (Fsp3) is 0.450. The molecule has 1 atom stereocenters. The number of nitrogens with zero attached hydrogens (tertiary/aromatic N) is 5. The second-order valence-electron chi connectivity index (χ2n) is 7.43. The molecule has 5 nitrogen and oxygen atoms in total. The van der Waals surface area contributed by atoms with Gasteiger partial charge in [0.2, 0.25) is 0 Å². The maximum absolute atomic E-state index is 9.91. The van der Waals surface area contributed by atoms with Crippen LogP contribution in [-0.2, 0) is 6.54 Å². The largest absolute Gasteiger partial charge is 0.269 e. The standard InChI is InChI=1S/C20H25N5/c1-14-11-20(4,5)25(22-14)18(12-21)19-15(2)23-24(16(19)3)13-17-9-7-6-8-10-17/h6-10,18H,11,13H2,1-5H3/t18-/m0/s1. The Morgan fingerprint density at radius 2 is 1.88 bits per heavy atom. The molecular weight excluding hydrogens is 310 g/mol. The van der Waals surface area contributed by atoms with E-state index in [9.17, 15) is 5.26 Å². The number of aryl methyl sites for hydroxylation is 1. The van der Waals surface area contributed by atoms with Crippen molar-refractivity contribution in [3.63, 3.8) is 0 Å². The molecule has 3 rings (SSSR count). The molecule has 0 saturated heterocycles. The zero-order valence-electron chi connectivity index (χ0n) is 15.6. The van der Waals surface area contributed by atoms with E-state index in [-0.39, 0.29) is 5.54 Å². The second-order valence-corrected chi connectivity index (χ2v) is 7.43. The molecule has 2 heterocycles. The molecule has 0 N–H and O–H groups in total. The van der Waals surface area contributed by atoms with Crippen LogP contribution in [0.4, 0.5) is 0 Å². The first-order valence-electron chi connectivity index (χ1n) is 8.64. The number of nitriles is 1. The molecule has 2 aromatic rings. The van der Waals surface area contributed by atoms with E-state index in [4.69, 9.17) is 5.10 Å². The molecule has 0 bridgehead atoms. The van der Waals surface area contributed by atoms with E-state index in [0.29, 0.717) is 6.54 Å². The van der Waals surface area contributed by atoms with Crippen molar-refractivity contribution in [2.45, 2.75) is 59.2 Å². The number of hydrogen-bond donors (Lipinski definition) is 0. The van der Waals surface area contributed by atoms with Crippen molar-refractivity contribution in [3.05, 3.63) is 52.8 Å². The number of rotatable bonds is 4. The molecule has 0 unspecified atom stereocenters. The van der Waals surface area contributed by atoms with Gasteiger partial charge in [-0.15, -0.1) is 0 Å². The molecule has 0 fully saturated rings. The summed E-state index contributed by atoms with van der Waals surface area (Å²) in [6, 6.07) is 12.3. The van der Waals surface area contributed by atoms with Crippen molar-refractivity contribution in [1.82, 2.24) is 14.8 Å². The van der Waals surface area contributed by atoms with Crippen molar-refractivity contribution in [2.24, 2.45) is 5.10 Å². The van der Waals surface area contributed by atoms with Gasteiger partial charge in [0, 0.05) is 23.4 Å². The molecule has 25 heavy (non-hydrogen) atoms. The van der Waals surface area contributed by atoms with Crippen LogP contribution < -0.4 is 0 Å². The van der Waals surface area contributed by atoms with Gasteiger partial charge in [-0.1, -0.05) is 30.3 Å². The van der Waals surface area contributed by atoms with E-state index in [1.165, 1.54) is 5.56 Å². The van der Waals surface area contributed by atoms with Gasteiger partial charge in [0.05, 0.1) is 23.8 Å². The molecule has 0 radical (unpaired) electrons. The highest BCUT2D eigenvalue weighted by Gasteiger charge is 2.39. The van der Waals surface area contributed by atoms with Crippen LogP contribution in [0, 0.1) is 25.2 Å². The molecule has 1 aromatic carbocycles. The molecule has 1 aliphatic rings. The van der Waals surface area contributed by atoms with Crippen LogP contribution in [-0.4, -0.2) is 26.0 Å². The molecule has 130 valence electrons. The SMILES string of the molecule is CC1=NN([C@@H](C#N)c2c(C)nn(Cc3ccccc3)c2C)C(C)(C)C1. The van der Waals surface area contributed by atoms with Gasteiger partial charge in [0.15, 0.2) is 6.04 Å². The van der Waals surface area contributed by atoms with E-state index < -0.39 is 6.04 Å². The first kappa shape index (κ1) is 17.2. The highest BCUT2D eigenvalue weighted by atomic mass is 15.5. The van der Waals surface area contributed by atoms with Crippen LogP contribution in [0.5, 0.6) is 0 Å². The highest BCUT2D eigenvalue weighted by Crippen LogP contribution is 2.37. The van der Waals surface area contributed by atoms with Crippen LogP contribution >= 0.6 is 0 Å². The Balaban J connectivity index is 1.98. The van der Waals surface area contributed by atoms with Crippen LogP contribution in [0.3, 0.4) is 0 Å². The monoisotopic (exact) mass is 335 g/mol. The summed E-state index contributed by atoms with van der Waals surface area (Å²) in [5.41, 5.74) is 5.01. The van der Waals surface area contributed by atoms with Crippen molar-refractivity contribution in [3.8, 4) is 6.07 Å². The van der Waals surface area contributed by atoms with Gasteiger partial charge in [-0.3, -0.25) is 9.69 Å². The normalized spacial score (nSPS) is 17.3. The van der Waals surface area contributed by atoms with Gasteiger partial charge in [-0.05, 0) is 40.2 Å². The van der Waals surface area contributed by atoms with Gasteiger partial charge < -0.3 is 0 Å². The van der Waals surface area contributed by atoms with Crippen molar-refractivity contribution in [2.75, 3.05) is 0 Å². The summed E-state index contributed by atoms with van der Waals surface area (Å²) in [6.07, 6.45) is 0.876. The van der Waals surface area contributed by atoms with Crippen LogP contribution in [0.25, 0.3) is 0 Å². The summed E-state index contributed by atoms with van der Waals surface area (Å²) < 4.78 is 1.99. The maximum atomic E-state index is 9.91. The molecular formula is C20H25N5. The molecule has 0 aliphatic carbocycles. The van der Waals surface area contributed by atoms with Crippen molar-refractivity contribution in [1.29, 1.82) is 5.26 Å². The van der Waals surface area contributed by atoms with Gasteiger partial charge in [-0.2, -0.15) is 15.5 Å². The number of benzene rings is 1. The van der Waals surface area contributed by atoms with E-state index in [0.717, 1.165) is 29.1 Å². The summed E-state index contributed by atoms with van der Waals surface area (Å²) in [7, 11) is 0. The molecule has 1 aromatic heterocycles. The Morgan fingerprint density at radius 3 is 2.44 bits per heavy atom. The summed E-state index contributed by atoms with van der Waals surface area (Å²) >= 11 is 0. The van der Waals surface area contributed by atoms with Crippen LogP contribution in [0.15, 0.2) is 35.4 Å². The fourth-order valence-electron chi connectivity index (χ4n) is 3.73. The number of hydrogen-bond acceptors (Lipinski definition) is 4. The summed E-state index contributed by atoms with van der Waals surface area (Å²) in [5, 5.41) is 21.2. The smallest absolute Gasteiger partial charge is 0.162 e. The minimum atomic E-state index is -0.419. The lowest BCUT2D eigenvalue weighted by Crippen LogP contribution is -2.39.